The second kappa shape index (κ2) is 9.14. The van der Waals surface area contributed by atoms with E-state index >= 15 is 0 Å². The van der Waals surface area contributed by atoms with Crippen molar-refractivity contribution in [2.24, 2.45) is 0 Å². The van der Waals surface area contributed by atoms with Gasteiger partial charge in [0.1, 0.15) is 0 Å². The van der Waals surface area contributed by atoms with Gasteiger partial charge in [0.15, 0.2) is 0 Å². The lowest BCUT2D eigenvalue weighted by Gasteiger charge is -2.33. The molecule has 1 heterocycles. The van der Waals surface area contributed by atoms with Crippen LogP contribution in [-0.4, -0.2) is 38.8 Å². The summed E-state index contributed by atoms with van der Waals surface area (Å²) in [6, 6.07) is 5.91. The van der Waals surface area contributed by atoms with Crippen LogP contribution in [0.25, 0.3) is 0 Å². The zero-order valence-electron chi connectivity index (χ0n) is 14.1. The van der Waals surface area contributed by atoms with E-state index in [0.29, 0.717) is 11.6 Å². The average Bonchev–Trinajstić information content (AvgIpc) is 2.57. The van der Waals surface area contributed by atoms with Crippen molar-refractivity contribution in [2.75, 3.05) is 37.7 Å². The van der Waals surface area contributed by atoms with Crippen molar-refractivity contribution in [3.63, 3.8) is 0 Å². The Kier molecular flexibility index (Phi) is 7.18. The van der Waals surface area contributed by atoms with Gasteiger partial charge in [-0.05, 0) is 25.5 Å². The molecular formula is C18H27ClN2O2. The normalized spacial score (nSPS) is 16.2. The molecule has 2 rings (SSSR count). The first-order chi connectivity index (χ1) is 11.2. The van der Waals surface area contributed by atoms with Crippen LogP contribution in [0.2, 0.25) is 5.02 Å². The molecule has 1 fully saturated rings. The minimum atomic E-state index is -0.284. The van der Waals surface area contributed by atoms with Crippen LogP contribution in [0.5, 0.6) is 0 Å². The Balaban J connectivity index is 2.37. The third-order valence-electron chi connectivity index (χ3n) is 4.25. The van der Waals surface area contributed by atoms with E-state index in [1.807, 2.05) is 19.1 Å². The molecule has 4 nitrogen and oxygen atoms in total. The number of unbranched alkanes of at least 4 members (excludes halogenated alkanes) is 1. The lowest BCUT2D eigenvalue weighted by molar-refractivity contribution is -0.145. The summed E-state index contributed by atoms with van der Waals surface area (Å²) in [6.07, 6.45) is 2.80. The number of esters is 1. The second-order valence-corrected chi connectivity index (χ2v) is 6.26. The quantitative estimate of drug-likeness (QED) is 0.771. The Bertz CT molecular complexity index is 516. The Morgan fingerprint density at radius 1 is 1.35 bits per heavy atom. The van der Waals surface area contributed by atoms with Crippen LogP contribution in [-0.2, 0) is 9.53 Å². The molecule has 0 spiro atoms. The highest BCUT2D eigenvalue weighted by molar-refractivity contribution is 6.32. The molecule has 0 aromatic heterocycles. The lowest BCUT2D eigenvalue weighted by Crippen LogP contribution is -2.44. The Labute approximate surface area is 144 Å². The summed E-state index contributed by atoms with van der Waals surface area (Å²) in [5, 5.41) is 4.02. The molecule has 1 unspecified atom stereocenters. The molecule has 23 heavy (non-hydrogen) atoms. The standard InChI is InChI=1S/C18H27ClN2O2/c1-3-5-7-14(18(22)23-4-2)17-15(19)8-6-9-16(17)21-12-10-20-11-13-21/h6,8-9,14,20H,3-5,7,10-13H2,1-2H3. The number of hydrogen-bond acceptors (Lipinski definition) is 4. The first kappa shape index (κ1) is 18.1. The van der Waals surface area contributed by atoms with E-state index in [9.17, 15) is 4.79 Å². The van der Waals surface area contributed by atoms with Crippen LogP contribution in [0.3, 0.4) is 0 Å². The Morgan fingerprint density at radius 3 is 2.74 bits per heavy atom. The first-order valence-corrected chi connectivity index (χ1v) is 8.97. The smallest absolute Gasteiger partial charge is 0.313 e. The van der Waals surface area contributed by atoms with E-state index in [4.69, 9.17) is 16.3 Å². The molecule has 0 radical (unpaired) electrons. The van der Waals surface area contributed by atoms with Crippen LogP contribution in [0.4, 0.5) is 5.69 Å². The van der Waals surface area contributed by atoms with Crippen LogP contribution >= 0.6 is 11.6 Å². The lowest BCUT2D eigenvalue weighted by atomic mass is 9.91. The Morgan fingerprint density at radius 2 is 2.09 bits per heavy atom. The van der Waals surface area contributed by atoms with Gasteiger partial charge in [-0.25, -0.2) is 0 Å². The molecule has 5 heteroatoms. The van der Waals surface area contributed by atoms with Crippen molar-refractivity contribution in [1.82, 2.24) is 5.32 Å². The fourth-order valence-corrected chi connectivity index (χ4v) is 3.38. The molecule has 0 aliphatic carbocycles. The largest absolute Gasteiger partial charge is 0.466 e. The molecule has 1 aliphatic rings. The van der Waals surface area contributed by atoms with Crippen LogP contribution < -0.4 is 10.2 Å². The van der Waals surface area contributed by atoms with E-state index < -0.39 is 0 Å². The van der Waals surface area contributed by atoms with Crippen molar-refractivity contribution in [1.29, 1.82) is 0 Å². The van der Waals surface area contributed by atoms with E-state index in [2.05, 4.69) is 23.2 Å². The van der Waals surface area contributed by atoms with Crippen LogP contribution in [0.1, 0.15) is 44.6 Å². The molecule has 1 aromatic carbocycles. The SMILES string of the molecule is CCCCC(C(=O)OCC)c1c(Cl)cccc1N1CCNCC1. The monoisotopic (exact) mass is 338 g/mol. The Hall–Kier alpha value is -1.26. The predicted octanol–water partition coefficient (Wildman–Crippen LogP) is 3.59. The average molecular weight is 339 g/mol. The summed E-state index contributed by atoms with van der Waals surface area (Å²) in [5.41, 5.74) is 2.01. The third-order valence-corrected chi connectivity index (χ3v) is 4.58. The van der Waals surface area contributed by atoms with Crippen molar-refractivity contribution in [3.05, 3.63) is 28.8 Å². The molecule has 128 valence electrons. The number of nitrogens with zero attached hydrogens (tertiary/aromatic N) is 1. The molecule has 0 bridgehead atoms. The minimum Gasteiger partial charge on any atom is -0.466 e. The number of ether oxygens (including phenoxy) is 1. The zero-order valence-corrected chi connectivity index (χ0v) is 14.9. The van der Waals surface area contributed by atoms with Crippen LogP contribution in [0, 0.1) is 0 Å². The maximum absolute atomic E-state index is 12.5. The van der Waals surface area contributed by atoms with Gasteiger partial charge < -0.3 is 15.0 Å². The van der Waals surface area contributed by atoms with E-state index in [0.717, 1.165) is 56.7 Å². The summed E-state index contributed by atoms with van der Waals surface area (Å²) >= 11 is 6.52. The molecule has 0 amide bonds. The maximum atomic E-state index is 12.5. The van der Waals surface area contributed by atoms with Crippen molar-refractivity contribution in [2.45, 2.75) is 39.0 Å². The predicted molar refractivity (Wildman–Crippen MR) is 95.4 cm³/mol. The molecule has 1 N–H and O–H groups in total. The van der Waals surface area contributed by atoms with Gasteiger partial charge in [-0.15, -0.1) is 0 Å². The van der Waals surface area contributed by atoms with Crippen LogP contribution in [0.15, 0.2) is 18.2 Å². The van der Waals surface area contributed by atoms with E-state index in [1.165, 1.54) is 0 Å². The zero-order chi connectivity index (χ0) is 16.7. The molecule has 1 saturated heterocycles. The molecule has 1 aromatic rings. The van der Waals surface area contributed by atoms with Crippen molar-refractivity contribution >= 4 is 23.3 Å². The van der Waals surface area contributed by atoms with Gasteiger partial charge in [0.25, 0.3) is 0 Å². The summed E-state index contributed by atoms with van der Waals surface area (Å²) in [7, 11) is 0. The number of anilines is 1. The number of halogens is 1. The summed E-state index contributed by atoms with van der Waals surface area (Å²) in [5.74, 6) is -0.445. The van der Waals surface area contributed by atoms with Gasteiger partial charge in [0.2, 0.25) is 0 Å². The summed E-state index contributed by atoms with van der Waals surface area (Å²) in [4.78, 5) is 14.8. The number of carbonyl (C=O) groups excluding carboxylic acids is 1. The van der Waals surface area contributed by atoms with Gasteiger partial charge in [-0.2, -0.15) is 0 Å². The van der Waals surface area contributed by atoms with Gasteiger partial charge in [-0.1, -0.05) is 37.4 Å². The number of rotatable bonds is 7. The summed E-state index contributed by atoms with van der Waals surface area (Å²) in [6.45, 7) is 8.13. The number of benzene rings is 1. The highest BCUT2D eigenvalue weighted by Crippen LogP contribution is 2.37. The summed E-state index contributed by atoms with van der Waals surface area (Å²) < 4.78 is 5.32. The number of hydrogen-bond donors (Lipinski definition) is 1. The maximum Gasteiger partial charge on any atom is 0.313 e. The number of piperazine rings is 1. The number of carbonyl (C=O) groups is 1. The molecular weight excluding hydrogens is 312 g/mol. The fourth-order valence-electron chi connectivity index (χ4n) is 3.08. The van der Waals surface area contributed by atoms with Crippen molar-refractivity contribution in [3.8, 4) is 0 Å². The van der Waals surface area contributed by atoms with Gasteiger partial charge in [-0.3, -0.25) is 4.79 Å². The van der Waals surface area contributed by atoms with E-state index in [1.54, 1.807) is 0 Å². The molecule has 0 saturated carbocycles. The van der Waals surface area contributed by atoms with Gasteiger partial charge in [0, 0.05) is 42.5 Å². The minimum absolute atomic E-state index is 0.162. The number of nitrogens with one attached hydrogen (secondary N) is 1. The first-order valence-electron chi connectivity index (χ1n) is 8.59. The second-order valence-electron chi connectivity index (χ2n) is 5.86. The van der Waals surface area contributed by atoms with Crippen molar-refractivity contribution < 1.29 is 9.53 Å². The molecule has 1 atom stereocenters. The molecule has 1 aliphatic heterocycles. The van der Waals surface area contributed by atoms with E-state index in [-0.39, 0.29) is 11.9 Å². The highest BCUT2D eigenvalue weighted by atomic mass is 35.5. The third kappa shape index (κ3) is 4.61. The fraction of sp³-hybridized carbons (Fsp3) is 0.611. The topological polar surface area (TPSA) is 41.6 Å². The van der Waals surface area contributed by atoms with Gasteiger partial charge >= 0.3 is 5.97 Å². The van der Waals surface area contributed by atoms with Gasteiger partial charge in [0.05, 0.1) is 12.5 Å². The highest BCUT2D eigenvalue weighted by Gasteiger charge is 2.28.